The van der Waals surface area contributed by atoms with Gasteiger partial charge in [-0.05, 0) is 37.7 Å². The monoisotopic (exact) mass is 337 g/mol. The highest BCUT2D eigenvalue weighted by Gasteiger charge is 2.09. The van der Waals surface area contributed by atoms with Crippen molar-refractivity contribution >= 4 is 38.5 Å². The Morgan fingerprint density at radius 3 is 2.50 bits per heavy atom. The first-order chi connectivity index (χ1) is 10.4. The first-order valence-corrected chi connectivity index (χ1v) is 8.72. The standard InChI is InChI=1S/C14H15N3O3S2/c1-10-9-21-14(16-10)17-13(18)8-5-11-3-6-12(7-4-11)22(19,20)15-2/h3-9,15H,1-2H3,(H,16,17,18)/b8-5+. The van der Waals surface area contributed by atoms with Crippen molar-refractivity contribution in [3.05, 3.63) is 47.0 Å². The van der Waals surface area contributed by atoms with Gasteiger partial charge in [-0.15, -0.1) is 11.3 Å². The molecule has 6 nitrogen and oxygen atoms in total. The van der Waals surface area contributed by atoms with Gasteiger partial charge in [0.2, 0.25) is 15.9 Å². The molecule has 1 aromatic carbocycles. The topological polar surface area (TPSA) is 88.2 Å². The van der Waals surface area contributed by atoms with Gasteiger partial charge in [-0.2, -0.15) is 0 Å². The zero-order chi connectivity index (χ0) is 16.2. The number of thiazole rings is 1. The first kappa shape index (κ1) is 16.3. The van der Waals surface area contributed by atoms with Crippen LogP contribution in [0, 0.1) is 6.92 Å². The zero-order valence-corrected chi connectivity index (χ0v) is 13.7. The number of aryl methyl sites for hydroxylation is 1. The molecule has 1 heterocycles. The van der Waals surface area contributed by atoms with Crippen molar-refractivity contribution < 1.29 is 13.2 Å². The highest BCUT2D eigenvalue weighted by atomic mass is 32.2. The highest BCUT2D eigenvalue weighted by molar-refractivity contribution is 7.89. The maximum Gasteiger partial charge on any atom is 0.250 e. The number of sulfonamides is 1. The minimum atomic E-state index is -3.44. The van der Waals surface area contributed by atoms with E-state index in [9.17, 15) is 13.2 Å². The molecule has 0 aliphatic carbocycles. The zero-order valence-electron chi connectivity index (χ0n) is 12.0. The van der Waals surface area contributed by atoms with Crippen LogP contribution in [-0.2, 0) is 14.8 Å². The molecule has 1 amide bonds. The van der Waals surface area contributed by atoms with Gasteiger partial charge in [-0.25, -0.2) is 18.1 Å². The molecular weight excluding hydrogens is 322 g/mol. The van der Waals surface area contributed by atoms with Crippen LogP contribution in [0.15, 0.2) is 40.6 Å². The van der Waals surface area contributed by atoms with Gasteiger partial charge in [0.25, 0.3) is 0 Å². The van der Waals surface area contributed by atoms with E-state index in [1.165, 1.54) is 36.6 Å². The smallest absolute Gasteiger partial charge is 0.250 e. The Labute approximate surface area is 133 Å². The van der Waals surface area contributed by atoms with E-state index in [2.05, 4.69) is 15.0 Å². The summed E-state index contributed by atoms with van der Waals surface area (Å²) in [4.78, 5) is 16.0. The third-order valence-corrected chi connectivity index (χ3v) is 5.04. The summed E-state index contributed by atoms with van der Waals surface area (Å²) in [5, 5.41) is 5.05. The number of amides is 1. The van der Waals surface area contributed by atoms with E-state index in [4.69, 9.17) is 0 Å². The van der Waals surface area contributed by atoms with Gasteiger partial charge < -0.3 is 0 Å². The molecule has 0 spiro atoms. The summed E-state index contributed by atoms with van der Waals surface area (Å²) >= 11 is 1.36. The molecule has 22 heavy (non-hydrogen) atoms. The second kappa shape index (κ2) is 6.82. The van der Waals surface area contributed by atoms with Crippen LogP contribution in [0.5, 0.6) is 0 Å². The van der Waals surface area contributed by atoms with Crippen molar-refractivity contribution in [2.24, 2.45) is 0 Å². The predicted octanol–water partition coefficient (Wildman–Crippen LogP) is 2.01. The van der Waals surface area contributed by atoms with Gasteiger partial charge in [-0.1, -0.05) is 12.1 Å². The SMILES string of the molecule is CNS(=O)(=O)c1ccc(/C=C/C(=O)Nc2nc(C)cs2)cc1. The number of hydrogen-bond donors (Lipinski definition) is 2. The molecule has 2 rings (SSSR count). The lowest BCUT2D eigenvalue weighted by Crippen LogP contribution is -2.18. The molecule has 8 heteroatoms. The summed E-state index contributed by atoms with van der Waals surface area (Å²) < 4.78 is 25.4. The normalized spacial score (nSPS) is 11.7. The Hall–Kier alpha value is -2.03. The molecule has 116 valence electrons. The van der Waals surface area contributed by atoms with Crippen molar-refractivity contribution in [3.63, 3.8) is 0 Å². The molecule has 2 aromatic rings. The molecule has 0 atom stereocenters. The molecule has 0 saturated heterocycles. The van der Waals surface area contributed by atoms with Gasteiger partial charge in [0.15, 0.2) is 5.13 Å². The molecule has 0 aliphatic rings. The lowest BCUT2D eigenvalue weighted by molar-refractivity contribution is -0.111. The fourth-order valence-corrected chi connectivity index (χ4v) is 3.03. The number of nitrogens with zero attached hydrogens (tertiary/aromatic N) is 1. The van der Waals surface area contributed by atoms with Crippen LogP contribution in [-0.4, -0.2) is 26.4 Å². The number of rotatable bonds is 5. The second-order valence-corrected chi connectivity index (χ2v) is 7.14. The second-order valence-electron chi connectivity index (χ2n) is 4.39. The quantitative estimate of drug-likeness (QED) is 0.817. The number of nitrogens with one attached hydrogen (secondary N) is 2. The Morgan fingerprint density at radius 1 is 1.27 bits per heavy atom. The predicted molar refractivity (Wildman–Crippen MR) is 87.2 cm³/mol. The van der Waals surface area contributed by atoms with Gasteiger partial charge in [0.1, 0.15) is 0 Å². The molecular formula is C14H15N3O3S2. The van der Waals surface area contributed by atoms with Crippen LogP contribution >= 0.6 is 11.3 Å². The summed E-state index contributed by atoms with van der Waals surface area (Å²) in [6.07, 6.45) is 2.98. The minimum absolute atomic E-state index is 0.176. The van der Waals surface area contributed by atoms with Gasteiger partial charge >= 0.3 is 0 Å². The Balaban J connectivity index is 2.02. The summed E-state index contributed by atoms with van der Waals surface area (Å²) in [6, 6.07) is 6.21. The summed E-state index contributed by atoms with van der Waals surface area (Å²) in [5.41, 5.74) is 1.58. The summed E-state index contributed by atoms with van der Waals surface area (Å²) in [5.74, 6) is -0.290. The average Bonchev–Trinajstić information content (AvgIpc) is 2.90. The molecule has 0 unspecified atom stereocenters. The van der Waals surface area contributed by atoms with Crippen LogP contribution in [0.4, 0.5) is 5.13 Å². The first-order valence-electron chi connectivity index (χ1n) is 6.35. The van der Waals surface area contributed by atoms with Crippen LogP contribution < -0.4 is 10.0 Å². The van der Waals surface area contributed by atoms with Crippen molar-refractivity contribution in [1.82, 2.24) is 9.71 Å². The molecule has 0 radical (unpaired) electrons. The molecule has 0 fully saturated rings. The third kappa shape index (κ3) is 4.23. The van der Waals surface area contributed by atoms with Crippen molar-refractivity contribution in [2.75, 3.05) is 12.4 Å². The van der Waals surface area contributed by atoms with Gasteiger partial charge in [-0.3, -0.25) is 10.1 Å². The molecule has 1 aromatic heterocycles. The highest BCUT2D eigenvalue weighted by Crippen LogP contribution is 2.15. The van der Waals surface area contributed by atoms with Gasteiger partial charge in [0.05, 0.1) is 10.6 Å². The van der Waals surface area contributed by atoms with Gasteiger partial charge in [0, 0.05) is 11.5 Å². The number of anilines is 1. The van der Waals surface area contributed by atoms with Crippen LogP contribution in [0.3, 0.4) is 0 Å². The number of aromatic nitrogens is 1. The molecule has 0 aliphatic heterocycles. The number of benzene rings is 1. The van der Waals surface area contributed by atoms with Crippen LogP contribution in [0.1, 0.15) is 11.3 Å². The van der Waals surface area contributed by atoms with Crippen molar-refractivity contribution in [1.29, 1.82) is 0 Å². The largest absolute Gasteiger partial charge is 0.298 e. The fourth-order valence-electron chi connectivity index (χ4n) is 1.61. The van der Waals surface area contributed by atoms with Crippen molar-refractivity contribution in [3.8, 4) is 0 Å². The number of hydrogen-bond acceptors (Lipinski definition) is 5. The third-order valence-electron chi connectivity index (χ3n) is 2.74. The summed E-state index contributed by atoms with van der Waals surface area (Å²) in [7, 11) is -2.09. The minimum Gasteiger partial charge on any atom is -0.298 e. The van der Waals surface area contributed by atoms with E-state index in [0.717, 1.165) is 11.3 Å². The molecule has 0 bridgehead atoms. The van der Waals surface area contributed by atoms with Crippen LogP contribution in [0.25, 0.3) is 6.08 Å². The van der Waals surface area contributed by atoms with E-state index in [1.54, 1.807) is 18.2 Å². The van der Waals surface area contributed by atoms with E-state index in [1.807, 2.05) is 12.3 Å². The number of carbonyl (C=O) groups is 1. The lowest BCUT2D eigenvalue weighted by Gasteiger charge is -2.02. The Bertz CT molecular complexity index is 793. The van der Waals surface area contributed by atoms with E-state index >= 15 is 0 Å². The molecule has 0 saturated carbocycles. The maximum atomic E-state index is 11.7. The van der Waals surface area contributed by atoms with Crippen molar-refractivity contribution in [2.45, 2.75) is 11.8 Å². The lowest BCUT2D eigenvalue weighted by atomic mass is 10.2. The molecule has 2 N–H and O–H groups in total. The number of carbonyl (C=O) groups excluding carboxylic acids is 1. The van der Waals surface area contributed by atoms with Crippen LogP contribution in [0.2, 0.25) is 0 Å². The van der Waals surface area contributed by atoms with E-state index in [0.29, 0.717) is 5.13 Å². The fraction of sp³-hybridized carbons (Fsp3) is 0.143. The Morgan fingerprint density at radius 2 is 1.95 bits per heavy atom. The average molecular weight is 337 g/mol. The summed E-state index contributed by atoms with van der Waals surface area (Å²) in [6.45, 7) is 1.85. The Kier molecular flexibility index (Phi) is 5.07. The van der Waals surface area contributed by atoms with E-state index in [-0.39, 0.29) is 10.8 Å². The van der Waals surface area contributed by atoms with E-state index < -0.39 is 10.0 Å². The maximum absolute atomic E-state index is 11.7.